The highest BCUT2D eigenvalue weighted by molar-refractivity contribution is 5.79. The van der Waals surface area contributed by atoms with E-state index in [-0.39, 0.29) is 17.9 Å². The summed E-state index contributed by atoms with van der Waals surface area (Å²) >= 11 is 0. The van der Waals surface area contributed by atoms with Gasteiger partial charge in [-0.2, -0.15) is 13.2 Å². The van der Waals surface area contributed by atoms with Crippen molar-refractivity contribution in [3.8, 4) is 0 Å². The second-order valence-electron chi connectivity index (χ2n) is 5.70. The first-order valence-electron chi connectivity index (χ1n) is 7.17. The molecule has 9 heteroatoms. The molecular weight excluding hydrogens is 325 g/mol. The van der Waals surface area contributed by atoms with Crippen molar-refractivity contribution in [2.75, 3.05) is 0 Å². The third kappa shape index (κ3) is 2.40. The summed E-state index contributed by atoms with van der Waals surface area (Å²) in [5.74, 6) is 0.518. The molecule has 0 radical (unpaired) electrons. The summed E-state index contributed by atoms with van der Waals surface area (Å²) in [7, 11) is 1.51. The van der Waals surface area contributed by atoms with E-state index in [0.29, 0.717) is 17.0 Å². The first-order chi connectivity index (χ1) is 11.1. The predicted octanol–water partition coefficient (Wildman–Crippen LogP) is 2.72. The Balaban J connectivity index is 2.30. The van der Waals surface area contributed by atoms with Gasteiger partial charge >= 0.3 is 6.18 Å². The van der Waals surface area contributed by atoms with Gasteiger partial charge in [-0.1, -0.05) is 5.16 Å². The van der Waals surface area contributed by atoms with Gasteiger partial charge < -0.3 is 4.52 Å². The van der Waals surface area contributed by atoms with Crippen molar-refractivity contribution in [3.05, 3.63) is 44.7 Å². The highest BCUT2D eigenvalue weighted by Crippen LogP contribution is 2.33. The summed E-state index contributed by atoms with van der Waals surface area (Å²) in [5, 5.41) is 3.37. The molecule has 3 rings (SSSR count). The summed E-state index contributed by atoms with van der Waals surface area (Å²) in [6.45, 7) is 4.92. The Morgan fingerprint density at radius 1 is 1.25 bits per heavy atom. The van der Waals surface area contributed by atoms with Crippen molar-refractivity contribution in [2.45, 2.75) is 33.5 Å². The van der Waals surface area contributed by atoms with E-state index in [1.807, 2.05) is 0 Å². The van der Waals surface area contributed by atoms with Gasteiger partial charge in [0, 0.05) is 18.3 Å². The average Bonchev–Trinajstić information content (AvgIpc) is 2.91. The second kappa shape index (κ2) is 5.22. The molecule has 0 saturated carbocycles. The molecule has 0 aliphatic carbocycles. The smallest absolute Gasteiger partial charge is 0.361 e. The maximum atomic E-state index is 13.3. The van der Waals surface area contributed by atoms with E-state index in [2.05, 4.69) is 10.1 Å². The molecule has 0 amide bonds. The molecule has 0 aliphatic rings. The number of pyridine rings is 1. The van der Waals surface area contributed by atoms with Crippen LogP contribution in [0.1, 0.15) is 28.3 Å². The molecule has 0 N–H and O–H groups in total. The fourth-order valence-electron chi connectivity index (χ4n) is 2.76. The van der Waals surface area contributed by atoms with Gasteiger partial charge in [-0.15, -0.1) is 0 Å². The molecule has 0 atom stereocenters. The normalized spacial score (nSPS) is 12.3. The molecule has 24 heavy (non-hydrogen) atoms. The number of halogens is 3. The summed E-state index contributed by atoms with van der Waals surface area (Å²) in [6, 6.07) is 0.893. The number of alkyl halides is 3. The van der Waals surface area contributed by atoms with Crippen molar-refractivity contribution < 1.29 is 17.7 Å². The maximum Gasteiger partial charge on any atom is 0.417 e. The van der Waals surface area contributed by atoms with Gasteiger partial charge in [-0.25, -0.2) is 9.67 Å². The van der Waals surface area contributed by atoms with Crippen LogP contribution in [0.5, 0.6) is 0 Å². The molecule has 3 aromatic heterocycles. The standard InChI is InChI=1S/C15H15F3N4O2/c1-7-5-11(15(16,17)18)12-13(19-7)21(4)22(14(12)23)6-10-8(2)20-24-9(10)3/h5H,6H2,1-4H3. The zero-order valence-corrected chi connectivity index (χ0v) is 13.5. The van der Waals surface area contributed by atoms with E-state index in [0.717, 1.165) is 6.07 Å². The SMILES string of the molecule is Cc1cc(C(F)(F)F)c2c(=O)n(Cc3c(C)noc3C)n(C)c2n1. The number of fused-ring (bicyclic) bond motifs is 1. The lowest BCUT2D eigenvalue weighted by atomic mass is 10.1. The number of rotatable bonds is 2. The van der Waals surface area contributed by atoms with Gasteiger partial charge in [0.15, 0.2) is 5.65 Å². The Hall–Kier alpha value is -2.58. The van der Waals surface area contributed by atoms with Gasteiger partial charge in [-0.05, 0) is 26.8 Å². The van der Waals surface area contributed by atoms with E-state index in [4.69, 9.17) is 4.52 Å². The highest BCUT2D eigenvalue weighted by Gasteiger charge is 2.36. The number of nitrogens with zero attached hydrogens (tertiary/aromatic N) is 4. The van der Waals surface area contributed by atoms with E-state index in [9.17, 15) is 18.0 Å². The third-order valence-electron chi connectivity index (χ3n) is 4.04. The molecule has 0 bridgehead atoms. The monoisotopic (exact) mass is 340 g/mol. The number of hydrogen-bond donors (Lipinski definition) is 0. The van der Waals surface area contributed by atoms with Crippen molar-refractivity contribution in [2.24, 2.45) is 7.05 Å². The fourth-order valence-corrected chi connectivity index (χ4v) is 2.76. The van der Waals surface area contributed by atoms with Gasteiger partial charge in [0.05, 0.1) is 23.2 Å². The zero-order chi connectivity index (χ0) is 17.8. The topological polar surface area (TPSA) is 65.8 Å². The summed E-state index contributed by atoms with van der Waals surface area (Å²) in [6.07, 6.45) is -4.63. The molecule has 3 heterocycles. The minimum atomic E-state index is -4.63. The van der Waals surface area contributed by atoms with Crippen molar-refractivity contribution in [1.82, 2.24) is 19.5 Å². The third-order valence-corrected chi connectivity index (χ3v) is 4.04. The Labute approximate surface area is 134 Å². The molecule has 0 saturated heterocycles. The molecule has 0 spiro atoms. The zero-order valence-electron chi connectivity index (χ0n) is 13.5. The predicted molar refractivity (Wildman–Crippen MR) is 79.8 cm³/mol. The number of aryl methyl sites for hydroxylation is 4. The molecule has 128 valence electrons. The molecule has 6 nitrogen and oxygen atoms in total. The van der Waals surface area contributed by atoms with Crippen LogP contribution in [-0.2, 0) is 19.8 Å². The minimum absolute atomic E-state index is 0.000847. The lowest BCUT2D eigenvalue weighted by molar-refractivity contribution is -0.136. The first-order valence-corrected chi connectivity index (χ1v) is 7.17. The summed E-state index contributed by atoms with van der Waals surface area (Å²) in [5.41, 5.74) is -0.271. The average molecular weight is 340 g/mol. The molecule has 3 aromatic rings. The Morgan fingerprint density at radius 2 is 1.92 bits per heavy atom. The van der Waals surface area contributed by atoms with Crippen LogP contribution in [0.25, 0.3) is 11.0 Å². The number of aromatic nitrogens is 4. The second-order valence-corrected chi connectivity index (χ2v) is 5.70. The van der Waals surface area contributed by atoms with Crippen LogP contribution >= 0.6 is 0 Å². The Kier molecular flexibility index (Phi) is 3.54. The fraction of sp³-hybridized carbons (Fsp3) is 0.400. The minimum Gasteiger partial charge on any atom is -0.361 e. The van der Waals surface area contributed by atoms with Crippen LogP contribution in [0.15, 0.2) is 15.4 Å². The lowest BCUT2D eigenvalue weighted by Gasteiger charge is -2.08. The highest BCUT2D eigenvalue weighted by atomic mass is 19.4. The number of hydrogen-bond acceptors (Lipinski definition) is 4. The van der Waals surface area contributed by atoms with Crippen LogP contribution in [-0.4, -0.2) is 19.5 Å². The maximum absolute atomic E-state index is 13.3. The van der Waals surface area contributed by atoms with Gasteiger partial charge in [0.1, 0.15) is 5.76 Å². The summed E-state index contributed by atoms with van der Waals surface area (Å²) in [4.78, 5) is 16.7. The van der Waals surface area contributed by atoms with Crippen LogP contribution in [0.3, 0.4) is 0 Å². The van der Waals surface area contributed by atoms with Gasteiger partial charge in [0.25, 0.3) is 5.56 Å². The largest absolute Gasteiger partial charge is 0.417 e. The van der Waals surface area contributed by atoms with E-state index in [1.165, 1.54) is 23.3 Å². The van der Waals surface area contributed by atoms with E-state index < -0.39 is 22.7 Å². The van der Waals surface area contributed by atoms with Crippen molar-refractivity contribution in [3.63, 3.8) is 0 Å². The molecule has 0 fully saturated rings. The Morgan fingerprint density at radius 3 is 2.46 bits per heavy atom. The van der Waals surface area contributed by atoms with Crippen LogP contribution in [0, 0.1) is 20.8 Å². The Bertz CT molecular complexity index is 975. The van der Waals surface area contributed by atoms with Gasteiger partial charge in [0.2, 0.25) is 0 Å². The quantitative estimate of drug-likeness (QED) is 0.719. The first kappa shape index (κ1) is 16.3. The lowest BCUT2D eigenvalue weighted by Crippen LogP contribution is -2.23. The molecule has 0 aliphatic heterocycles. The van der Waals surface area contributed by atoms with Crippen LogP contribution < -0.4 is 5.56 Å². The van der Waals surface area contributed by atoms with Crippen molar-refractivity contribution >= 4 is 11.0 Å². The van der Waals surface area contributed by atoms with Gasteiger partial charge in [-0.3, -0.25) is 9.48 Å². The molecule has 0 aromatic carbocycles. The van der Waals surface area contributed by atoms with E-state index >= 15 is 0 Å². The van der Waals surface area contributed by atoms with Crippen LogP contribution in [0.4, 0.5) is 13.2 Å². The van der Waals surface area contributed by atoms with Crippen LogP contribution in [0.2, 0.25) is 0 Å². The summed E-state index contributed by atoms with van der Waals surface area (Å²) < 4.78 is 47.5. The van der Waals surface area contributed by atoms with E-state index in [1.54, 1.807) is 13.8 Å². The molecule has 0 unspecified atom stereocenters. The van der Waals surface area contributed by atoms with Crippen molar-refractivity contribution in [1.29, 1.82) is 0 Å². The molecular formula is C15H15F3N4O2.